The molecule has 0 aliphatic heterocycles. The molecule has 4 rings (SSSR count). The zero-order valence-corrected chi connectivity index (χ0v) is 26.5. The molecular weight excluding hydrogens is 606 g/mol. The molecule has 0 spiro atoms. The number of benzene rings is 2. The third-order valence-corrected chi connectivity index (χ3v) is 9.25. The Balaban J connectivity index is 1.12. The summed E-state index contributed by atoms with van der Waals surface area (Å²) in [7, 11) is 0. The van der Waals surface area contributed by atoms with Crippen molar-refractivity contribution >= 4 is 58.2 Å². The van der Waals surface area contributed by atoms with Crippen molar-refractivity contribution in [3.8, 4) is 11.5 Å². The zero-order chi connectivity index (χ0) is 29.5. The predicted octanol–water partition coefficient (Wildman–Crippen LogP) is 8.28. The normalized spacial score (nSPS) is 24.1. The van der Waals surface area contributed by atoms with Crippen molar-refractivity contribution < 1.29 is 19.1 Å². The highest BCUT2D eigenvalue weighted by Crippen LogP contribution is 2.36. The van der Waals surface area contributed by atoms with Crippen LogP contribution in [0.2, 0.25) is 20.1 Å². The summed E-state index contributed by atoms with van der Waals surface area (Å²) in [4.78, 5) is 25.4. The molecule has 41 heavy (non-hydrogen) atoms. The van der Waals surface area contributed by atoms with E-state index in [1.165, 1.54) is 6.42 Å². The van der Waals surface area contributed by atoms with E-state index in [9.17, 15) is 9.59 Å². The van der Waals surface area contributed by atoms with Gasteiger partial charge < -0.3 is 20.1 Å². The molecule has 2 N–H and O–H groups in total. The summed E-state index contributed by atoms with van der Waals surface area (Å²) in [5, 5.41) is 8.12. The van der Waals surface area contributed by atoms with E-state index in [0.29, 0.717) is 43.4 Å². The number of halogens is 4. The van der Waals surface area contributed by atoms with Crippen molar-refractivity contribution in [2.45, 2.75) is 95.9 Å². The Morgan fingerprint density at radius 3 is 1.39 bits per heavy atom. The van der Waals surface area contributed by atoms with Crippen LogP contribution in [0.5, 0.6) is 11.5 Å². The van der Waals surface area contributed by atoms with Gasteiger partial charge in [0, 0.05) is 22.1 Å². The van der Waals surface area contributed by atoms with E-state index in [0.717, 1.165) is 51.4 Å². The van der Waals surface area contributed by atoms with Crippen molar-refractivity contribution in [1.82, 2.24) is 10.6 Å². The molecule has 2 saturated carbocycles. The summed E-state index contributed by atoms with van der Waals surface area (Å²) in [6.45, 7) is 3.46. The van der Waals surface area contributed by atoms with Crippen LogP contribution < -0.4 is 20.1 Å². The fourth-order valence-electron chi connectivity index (χ4n) is 5.82. The third-order valence-electron chi connectivity index (χ3n) is 8.19. The quantitative estimate of drug-likeness (QED) is 0.273. The molecule has 0 saturated heterocycles. The van der Waals surface area contributed by atoms with Crippen LogP contribution in [0.1, 0.15) is 71.6 Å². The Labute approximate surface area is 262 Å². The highest BCUT2D eigenvalue weighted by atomic mass is 35.5. The molecule has 224 valence electrons. The maximum atomic E-state index is 12.7. The maximum Gasteiger partial charge on any atom is 0.260 e. The van der Waals surface area contributed by atoms with Crippen LogP contribution in [0.15, 0.2) is 36.4 Å². The van der Waals surface area contributed by atoms with Crippen molar-refractivity contribution in [2.24, 2.45) is 11.8 Å². The van der Waals surface area contributed by atoms with E-state index >= 15 is 0 Å². The summed E-state index contributed by atoms with van der Waals surface area (Å²) in [6.07, 6.45) is 8.28. The first-order chi connectivity index (χ1) is 19.6. The summed E-state index contributed by atoms with van der Waals surface area (Å²) in [5.41, 5.74) is 0. The van der Waals surface area contributed by atoms with Crippen LogP contribution >= 0.6 is 46.4 Å². The molecule has 2 aromatic carbocycles. The first kappa shape index (κ1) is 32.1. The van der Waals surface area contributed by atoms with Gasteiger partial charge in [0.25, 0.3) is 11.8 Å². The summed E-state index contributed by atoms with van der Waals surface area (Å²) >= 11 is 24.2. The highest BCUT2D eigenvalue weighted by molar-refractivity contribution is 6.36. The largest absolute Gasteiger partial charge is 0.479 e. The molecule has 2 aliphatic rings. The lowest BCUT2D eigenvalue weighted by molar-refractivity contribution is -0.128. The minimum Gasteiger partial charge on any atom is -0.479 e. The second-order valence-corrected chi connectivity index (χ2v) is 13.0. The van der Waals surface area contributed by atoms with Gasteiger partial charge in [0.2, 0.25) is 0 Å². The second-order valence-electron chi connectivity index (χ2n) is 11.4. The van der Waals surface area contributed by atoms with Crippen LogP contribution in [0.25, 0.3) is 0 Å². The van der Waals surface area contributed by atoms with Gasteiger partial charge in [-0.3, -0.25) is 9.59 Å². The van der Waals surface area contributed by atoms with E-state index in [1.54, 1.807) is 50.2 Å². The fourth-order valence-corrected chi connectivity index (χ4v) is 6.73. The highest BCUT2D eigenvalue weighted by Gasteiger charge is 2.30. The van der Waals surface area contributed by atoms with Crippen LogP contribution in [0, 0.1) is 11.8 Å². The number of carbonyl (C=O) groups is 2. The number of hydrogen-bond donors (Lipinski definition) is 2. The van der Waals surface area contributed by atoms with Gasteiger partial charge in [-0.15, -0.1) is 0 Å². The molecule has 2 atom stereocenters. The van der Waals surface area contributed by atoms with Gasteiger partial charge in [0.1, 0.15) is 11.5 Å². The lowest BCUT2D eigenvalue weighted by Crippen LogP contribution is -2.44. The van der Waals surface area contributed by atoms with Gasteiger partial charge in [0.15, 0.2) is 12.2 Å². The number of rotatable bonds is 10. The second kappa shape index (κ2) is 15.0. The first-order valence-electron chi connectivity index (χ1n) is 14.4. The molecular formula is C31H38Cl4N2O4. The fraction of sp³-hybridized carbons (Fsp3) is 0.548. The molecule has 2 fully saturated rings. The van der Waals surface area contributed by atoms with Gasteiger partial charge in [-0.05, 0) is 120 Å². The standard InChI is InChI=1S/C31H38Cl4N2O4/c1-18(40-28-13-7-22(32)16-26(28)34)30(38)36-24-9-3-20(4-10-24)15-21-5-11-25(12-6-21)37-31(39)19(2)41-29-14-8-23(33)17-27(29)35/h7-8,13-14,16-21,24-25H,3-6,9-12,15H2,1-2H3,(H,36,38)(H,37,39). The smallest absolute Gasteiger partial charge is 0.260 e. The van der Waals surface area contributed by atoms with Crippen molar-refractivity contribution in [2.75, 3.05) is 0 Å². The molecule has 0 radical (unpaired) electrons. The van der Waals surface area contributed by atoms with Crippen molar-refractivity contribution in [3.05, 3.63) is 56.5 Å². The van der Waals surface area contributed by atoms with Gasteiger partial charge >= 0.3 is 0 Å². The number of hydrogen-bond acceptors (Lipinski definition) is 4. The van der Waals surface area contributed by atoms with E-state index < -0.39 is 12.2 Å². The Bertz CT molecular complexity index is 1110. The molecule has 2 aliphatic carbocycles. The SMILES string of the molecule is CC(Oc1ccc(Cl)cc1Cl)C(=O)NC1CCC(CC2CCC(NC(=O)C(C)Oc3ccc(Cl)cc3Cl)CC2)CC1. The van der Waals surface area contributed by atoms with Crippen LogP contribution in [-0.4, -0.2) is 36.1 Å². The van der Waals surface area contributed by atoms with Gasteiger partial charge in [0.05, 0.1) is 10.0 Å². The average Bonchev–Trinajstić information content (AvgIpc) is 2.93. The van der Waals surface area contributed by atoms with Crippen molar-refractivity contribution in [1.29, 1.82) is 0 Å². The number of amides is 2. The van der Waals surface area contributed by atoms with Crippen LogP contribution in [0.4, 0.5) is 0 Å². The topological polar surface area (TPSA) is 76.7 Å². The molecule has 10 heteroatoms. The number of ether oxygens (including phenoxy) is 2. The molecule has 0 aromatic heterocycles. The van der Waals surface area contributed by atoms with Crippen LogP contribution in [-0.2, 0) is 9.59 Å². The monoisotopic (exact) mass is 642 g/mol. The minimum atomic E-state index is -0.646. The lowest BCUT2D eigenvalue weighted by Gasteiger charge is -2.35. The molecule has 2 amide bonds. The molecule has 2 aromatic rings. The summed E-state index contributed by atoms with van der Waals surface area (Å²) in [5.74, 6) is 1.99. The van der Waals surface area contributed by atoms with E-state index in [1.807, 2.05) is 0 Å². The summed E-state index contributed by atoms with van der Waals surface area (Å²) in [6, 6.07) is 10.3. The third kappa shape index (κ3) is 9.57. The Kier molecular flexibility index (Phi) is 11.8. The molecule has 0 bridgehead atoms. The first-order valence-corrected chi connectivity index (χ1v) is 15.9. The van der Waals surface area contributed by atoms with Crippen molar-refractivity contribution in [3.63, 3.8) is 0 Å². The minimum absolute atomic E-state index is 0.129. The Morgan fingerprint density at radius 1 is 0.683 bits per heavy atom. The van der Waals surface area contributed by atoms with Gasteiger partial charge in [-0.1, -0.05) is 46.4 Å². The summed E-state index contributed by atoms with van der Waals surface area (Å²) < 4.78 is 11.5. The molecule has 2 unspecified atom stereocenters. The van der Waals surface area contributed by atoms with Crippen LogP contribution in [0.3, 0.4) is 0 Å². The van der Waals surface area contributed by atoms with E-state index in [2.05, 4.69) is 10.6 Å². The van der Waals surface area contributed by atoms with E-state index in [-0.39, 0.29) is 23.9 Å². The van der Waals surface area contributed by atoms with Gasteiger partial charge in [-0.25, -0.2) is 0 Å². The number of carbonyl (C=O) groups excluding carboxylic acids is 2. The van der Waals surface area contributed by atoms with Gasteiger partial charge in [-0.2, -0.15) is 0 Å². The molecule has 6 nitrogen and oxygen atoms in total. The Morgan fingerprint density at radius 2 is 1.05 bits per heavy atom. The molecule has 0 heterocycles. The van der Waals surface area contributed by atoms with E-state index in [4.69, 9.17) is 55.9 Å². The zero-order valence-electron chi connectivity index (χ0n) is 23.4. The maximum absolute atomic E-state index is 12.7. The predicted molar refractivity (Wildman–Crippen MR) is 165 cm³/mol. The lowest BCUT2D eigenvalue weighted by atomic mass is 9.75. The number of nitrogens with one attached hydrogen (secondary N) is 2. The average molecular weight is 644 g/mol. The Hall–Kier alpha value is -1.86.